The molecule has 2 aromatic rings. The van der Waals surface area contributed by atoms with Crippen LogP contribution in [0.3, 0.4) is 0 Å². The Morgan fingerprint density at radius 1 is 1.40 bits per heavy atom. The van der Waals surface area contributed by atoms with Crippen molar-refractivity contribution in [1.82, 2.24) is 9.88 Å². The molecule has 0 spiro atoms. The molecule has 1 aliphatic heterocycles. The molecular weight excluding hydrogens is 296 g/mol. The summed E-state index contributed by atoms with van der Waals surface area (Å²) in [6.07, 6.45) is 1.24. The number of thiazole rings is 1. The van der Waals surface area contributed by atoms with Crippen LogP contribution in [-0.4, -0.2) is 39.5 Å². The first kappa shape index (κ1) is 13.3. The monoisotopic (exact) mass is 308 g/mol. The van der Waals surface area contributed by atoms with Crippen LogP contribution in [0.1, 0.15) is 23.3 Å². The van der Waals surface area contributed by atoms with E-state index >= 15 is 0 Å². The second kappa shape index (κ2) is 5.34. The van der Waals surface area contributed by atoms with Crippen molar-refractivity contribution in [2.24, 2.45) is 0 Å². The highest BCUT2D eigenvalue weighted by Gasteiger charge is 2.35. The van der Waals surface area contributed by atoms with E-state index in [2.05, 4.69) is 4.98 Å². The summed E-state index contributed by atoms with van der Waals surface area (Å²) in [7, 11) is 0. The number of thiophene rings is 1. The van der Waals surface area contributed by atoms with Gasteiger partial charge in [0.15, 0.2) is 0 Å². The van der Waals surface area contributed by atoms with Crippen LogP contribution < -0.4 is 0 Å². The fraction of sp³-hybridized carbons (Fsp3) is 0.308. The molecule has 0 saturated carbocycles. The van der Waals surface area contributed by atoms with E-state index in [0.717, 1.165) is 17.0 Å². The van der Waals surface area contributed by atoms with Gasteiger partial charge in [-0.15, -0.1) is 11.3 Å². The summed E-state index contributed by atoms with van der Waals surface area (Å²) in [5.74, 6) is -1.23. The van der Waals surface area contributed by atoms with Gasteiger partial charge in [-0.1, -0.05) is 0 Å². The molecule has 0 aromatic carbocycles. The van der Waals surface area contributed by atoms with Crippen LogP contribution in [0.4, 0.5) is 0 Å². The Hall–Kier alpha value is -1.73. The Labute approximate surface area is 123 Å². The Morgan fingerprint density at radius 2 is 2.25 bits per heavy atom. The third-order valence-electron chi connectivity index (χ3n) is 3.29. The van der Waals surface area contributed by atoms with Gasteiger partial charge in [-0.2, -0.15) is 11.3 Å². The standard InChI is InChI=1S/C13H12N2O3S2/c16-12(15-4-1-2-10(15)13(17)18)9-7-20-11(14-9)8-3-5-19-6-8/h3,5-7,10H,1-2,4H2,(H,17,18). The van der Waals surface area contributed by atoms with E-state index in [1.165, 1.54) is 16.2 Å². The summed E-state index contributed by atoms with van der Waals surface area (Å²) in [5, 5.41) is 15.6. The molecule has 7 heteroatoms. The van der Waals surface area contributed by atoms with E-state index in [9.17, 15) is 9.59 Å². The summed E-state index contributed by atoms with van der Waals surface area (Å²) in [6.45, 7) is 0.487. The van der Waals surface area contributed by atoms with Crippen LogP contribution in [0.15, 0.2) is 22.2 Å². The lowest BCUT2D eigenvalue weighted by Crippen LogP contribution is -2.40. The Bertz CT molecular complexity index is 636. The number of carbonyl (C=O) groups is 2. The van der Waals surface area contributed by atoms with Gasteiger partial charge < -0.3 is 10.0 Å². The van der Waals surface area contributed by atoms with Crippen LogP contribution >= 0.6 is 22.7 Å². The van der Waals surface area contributed by atoms with Crippen molar-refractivity contribution in [3.8, 4) is 10.6 Å². The van der Waals surface area contributed by atoms with Gasteiger partial charge in [0.25, 0.3) is 5.91 Å². The summed E-state index contributed by atoms with van der Waals surface area (Å²) < 4.78 is 0. The van der Waals surface area contributed by atoms with Gasteiger partial charge in [-0.3, -0.25) is 4.79 Å². The molecule has 1 saturated heterocycles. The number of carboxylic acid groups (broad SMARTS) is 1. The molecule has 2 aromatic heterocycles. The number of hydrogen-bond acceptors (Lipinski definition) is 5. The lowest BCUT2D eigenvalue weighted by atomic mass is 10.2. The van der Waals surface area contributed by atoms with Gasteiger partial charge in [0.2, 0.25) is 0 Å². The van der Waals surface area contributed by atoms with E-state index in [0.29, 0.717) is 18.7 Å². The van der Waals surface area contributed by atoms with Gasteiger partial charge in [0.05, 0.1) is 0 Å². The number of nitrogens with zero attached hydrogens (tertiary/aromatic N) is 2. The number of rotatable bonds is 3. The van der Waals surface area contributed by atoms with Crippen molar-refractivity contribution < 1.29 is 14.7 Å². The molecule has 0 aliphatic carbocycles. The van der Waals surface area contributed by atoms with Crippen LogP contribution in [0.5, 0.6) is 0 Å². The Morgan fingerprint density at radius 3 is 2.95 bits per heavy atom. The molecule has 1 unspecified atom stereocenters. The maximum atomic E-state index is 12.4. The van der Waals surface area contributed by atoms with Crippen molar-refractivity contribution in [2.45, 2.75) is 18.9 Å². The van der Waals surface area contributed by atoms with E-state index in [-0.39, 0.29) is 5.91 Å². The number of carboxylic acids is 1. The van der Waals surface area contributed by atoms with Crippen molar-refractivity contribution in [1.29, 1.82) is 0 Å². The molecule has 1 amide bonds. The SMILES string of the molecule is O=C(O)C1CCCN1C(=O)c1csc(-c2ccsc2)n1. The number of hydrogen-bond donors (Lipinski definition) is 1. The van der Waals surface area contributed by atoms with Gasteiger partial charge in [0.1, 0.15) is 16.7 Å². The smallest absolute Gasteiger partial charge is 0.326 e. The third kappa shape index (κ3) is 2.34. The first-order chi connectivity index (χ1) is 9.66. The van der Waals surface area contributed by atoms with Crippen molar-refractivity contribution in [3.63, 3.8) is 0 Å². The Kier molecular flexibility index (Phi) is 3.54. The molecule has 1 fully saturated rings. The van der Waals surface area contributed by atoms with E-state index in [1.54, 1.807) is 16.7 Å². The van der Waals surface area contributed by atoms with Gasteiger partial charge in [0, 0.05) is 22.9 Å². The molecule has 1 aliphatic rings. The molecule has 20 heavy (non-hydrogen) atoms. The average Bonchev–Trinajstić information content (AvgIpc) is 3.17. The van der Waals surface area contributed by atoms with E-state index < -0.39 is 12.0 Å². The second-order valence-corrected chi connectivity index (χ2v) is 6.18. The van der Waals surface area contributed by atoms with Crippen molar-refractivity contribution >= 4 is 34.6 Å². The minimum Gasteiger partial charge on any atom is -0.480 e. The number of aromatic nitrogens is 1. The van der Waals surface area contributed by atoms with Gasteiger partial charge >= 0.3 is 5.97 Å². The molecule has 0 bridgehead atoms. The molecule has 1 N–H and O–H groups in total. The van der Waals surface area contributed by atoms with Gasteiger partial charge in [-0.25, -0.2) is 9.78 Å². The normalized spacial score (nSPS) is 18.4. The first-order valence-electron chi connectivity index (χ1n) is 6.18. The lowest BCUT2D eigenvalue weighted by molar-refractivity contribution is -0.141. The summed E-state index contributed by atoms with van der Waals surface area (Å²) in [5.41, 5.74) is 1.33. The maximum absolute atomic E-state index is 12.4. The topological polar surface area (TPSA) is 70.5 Å². The van der Waals surface area contributed by atoms with Crippen molar-refractivity contribution in [2.75, 3.05) is 6.54 Å². The van der Waals surface area contributed by atoms with Crippen molar-refractivity contribution in [3.05, 3.63) is 27.9 Å². The predicted octanol–water partition coefficient (Wildman–Crippen LogP) is 2.56. The molecule has 5 nitrogen and oxygen atoms in total. The minimum absolute atomic E-state index is 0.285. The Balaban J connectivity index is 1.83. The number of likely N-dealkylation sites (tertiary alicyclic amines) is 1. The highest BCUT2D eigenvalue weighted by atomic mass is 32.1. The van der Waals surface area contributed by atoms with Crippen LogP contribution in [0, 0.1) is 0 Å². The summed E-state index contributed by atoms with van der Waals surface area (Å²) >= 11 is 2.98. The minimum atomic E-state index is -0.941. The zero-order valence-corrected chi connectivity index (χ0v) is 12.1. The largest absolute Gasteiger partial charge is 0.480 e. The van der Waals surface area contributed by atoms with E-state index in [4.69, 9.17) is 5.11 Å². The molecule has 3 heterocycles. The molecule has 3 rings (SSSR count). The summed E-state index contributed by atoms with van der Waals surface area (Å²) in [4.78, 5) is 29.2. The summed E-state index contributed by atoms with van der Waals surface area (Å²) in [6, 6.07) is 1.24. The number of amides is 1. The third-order valence-corrected chi connectivity index (χ3v) is 4.86. The maximum Gasteiger partial charge on any atom is 0.326 e. The van der Waals surface area contributed by atoms with Crippen LogP contribution in [0.25, 0.3) is 10.6 Å². The van der Waals surface area contributed by atoms with E-state index in [1.807, 2.05) is 16.8 Å². The number of carbonyl (C=O) groups excluding carboxylic acids is 1. The highest BCUT2D eigenvalue weighted by molar-refractivity contribution is 7.14. The van der Waals surface area contributed by atoms with Crippen LogP contribution in [-0.2, 0) is 4.79 Å². The lowest BCUT2D eigenvalue weighted by Gasteiger charge is -2.20. The number of aliphatic carboxylic acids is 1. The highest BCUT2D eigenvalue weighted by Crippen LogP contribution is 2.27. The average molecular weight is 308 g/mol. The quantitative estimate of drug-likeness (QED) is 0.946. The predicted molar refractivity (Wildman–Crippen MR) is 77.1 cm³/mol. The first-order valence-corrected chi connectivity index (χ1v) is 8.01. The van der Waals surface area contributed by atoms with Crippen LogP contribution in [0.2, 0.25) is 0 Å². The zero-order chi connectivity index (χ0) is 14.1. The van der Waals surface area contributed by atoms with Gasteiger partial charge in [-0.05, 0) is 24.3 Å². The zero-order valence-electron chi connectivity index (χ0n) is 10.5. The molecule has 1 atom stereocenters. The molecule has 0 radical (unpaired) electrons. The second-order valence-electron chi connectivity index (χ2n) is 4.54. The molecular formula is C13H12N2O3S2. The fourth-order valence-electron chi connectivity index (χ4n) is 2.30. The molecule has 104 valence electrons. The fourth-order valence-corrected chi connectivity index (χ4v) is 3.81.